The maximum atomic E-state index is 13.3. The number of benzene rings is 3. The fraction of sp³-hybridized carbons (Fsp3) is 0.455. The molecule has 3 fully saturated rings. The number of fused-ring (bicyclic) bond motifs is 1. The van der Waals surface area contributed by atoms with Gasteiger partial charge < -0.3 is 14.6 Å². The van der Waals surface area contributed by atoms with Crippen molar-refractivity contribution in [1.82, 2.24) is 4.90 Å². The van der Waals surface area contributed by atoms with Gasteiger partial charge in [-0.3, -0.25) is 14.5 Å². The van der Waals surface area contributed by atoms with Gasteiger partial charge in [0.1, 0.15) is 0 Å². The van der Waals surface area contributed by atoms with Crippen LogP contribution in [0.25, 0.3) is 10.8 Å². The van der Waals surface area contributed by atoms with Crippen molar-refractivity contribution in [2.24, 2.45) is 5.92 Å². The van der Waals surface area contributed by atoms with Gasteiger partial charge in [-0.2, -0.15) is 0 Å². The molecule has 3 aromatic carbocycles. The molecule has 2 heterocycles. The van der Waals surface area contributed by atoms with E-state index in [9.17, 15) is 14.7 Å². The van der Waals surface area contributed by atoms with Crippen molar-refractivity contribution >= 4 is 22.5 Å². The number of ketones is 1. The predicted molar refractivity (Wildman–Crippen MR) is 146 cm³/mol. The molecule has 3 aliphatic carbocycles. The van der Waals surface area contributed by atoms with Crippen molar-refractivity contribution in [2.75, 3.05) is 13.1 Å². The number of Topliss-reactive ketones (excluding diaryl/α,β-unsaturated/α-hetero) is 1. The Morgan fingerprint density at radius 3 is 2.77 bits per heavy atom. The molecule has 2 aliphatic heterocycles. The van der Waals surface area contributed by atoms with Gasteiger partial charge in [0.05, 0.1) is 17.4 Å². The molecule has 1 saturated heterocycles. The Hall–Kier alpha value is -3.22. The number of esters is 1. The van der Waals surface area contributed by atoms with E-state index in [0.717, 1.165) is 52.9 Å². The molecule has 3 aromatic rings. The van der Waals surface area contributed by atoms with Gasteiger partial charge in [0, 0.05) is 24.6 Å². The molecule has 0 amide bonds. The smallest absolute Gasteiger partial charge is 0.315 e. The van der Waals surface area contributed by atoms with Gasteiger partial charge in [-0.15, -0.1) is 0 Å². The zero-order valence-electron chi connectivity index (χ0n) is 22.2. The molecule has 2 bridgehead atoms. The number of nitrogens with zero attached hydrogens (tertiary/aromatic N) is 1. The van der Waals surface area contributed by atoms with Crippen LogP contribution in [0.3, 0.4) is 0 Å². The fourth-order valence-electron chi connectivity index (χ4n) is 8.18. The number of hydrogen-bond acceptors (Lipinski definition) is 6. The van der Waals surface area contributed by atoms with Crippen LogP contribution in [0.5, 0.6) is 11.5 Å². The summed E-state index contributed by atoms with van der Waals surface area (Å²) in [7, 11) is 0. The van der Waals surface area contributed by atoms with Crippen LogP contribution < -0.4 is 9.47 Å². The van der Waals surface area contributed by atoms with Crippen molar-refractivity contribution in [3.8, 4) is 11.5 Å². The predicted octanol–water partition coefficient (Wildman–Crippen LogP) is 4.43. The molecular formula is C33H33NO5. The monoisotopic (exact) mass is 523 g/mol. The molecule has 6 heteroatoms. The van der Waals surface area contributed by atoms with E-state index in [4.69, 9.17) is 9.47 Å². The third-order valence-corrected chi connectivity index (χ3v) is 10.2. The van der Waals surface area contributed by atoms with Crippen LogP contribution in [0.2, 0.25) is 0 Å². The number of carbonyl (C=O) groups excluding carboxylic acids is 2. The summed E-state index contributed by atoms with van der Waals surface area (Å²) >= 11 is 0. The first-order valence-corrected chi connectivity index (χ1v) is 14.4. The summed E-state index contributed by atoms with van der Waals surface area (Å²) in [5, 5.41) is 14.7. The van der Waals surface area contributed by atoms with Gasteiger partial charge in [-0.1, -0.05) is 48.0 Å². The number of aryl methyl sites for hydroxylation is 1. The summed E-state index contributed by atoms with van der Waals surface area (Å²) in [6, 6.07) is 16.1. The maximum Gasteiger partial charge on any atom is 0.315 e. The van der Waals surface area contributed by atoms with Crippen LogP contribution in [-0.2, 0) is 27.8 Å². The number of ether oxygens (including phenoxy) is 2. The molecule has 39 heavy (non-hydrogen) atoms. The molecule has 0 unspecified atom stereocenters. The van der Waals surface area contributed by atoms with E-state index in [1.165, 1.54) is 18.4 Å². The minimum Gasteiger partial charge on any atom is -0.477 e. The highest BCUT2D eigenvalue weighted by atomic mass is 16.6. The maximum absolute atomic E-state index is 13.3. The molecule has 2 saturated carbocycles. The lowest BCUT2D eigenvalue weighted by Crippen LogP contribution is -2.76. The van der Waals surface area contributed by atoms with Crippen molar-refractivity contribution in [1.29, 1.82) is 0 Å². The summed E-state index contributed by atoms with van der Waals surface area (Å²) in [5.74, 6) is 1.24. The largest absolute Gasteiger partial charge is 0.477 e. The molecule has 5 aliphatic rings. The lowest BCUT2D eigenvalue weighted by molar-refractivity contribution is -0.188. The van der Waals surface area contributed by atoms with Crippen LogP contribution in [0.4, 0.5) is 0 Å². The number of carbonyl (C=O) groups is 2. The quantitative estimate of drug-likeness (QED) is 0.394. The number of rotatable bonds is 5. The minimum atomic E-state index is -1.02. The topological polar surface area (TPSA) is 76.1 Å². The average Bonchev–Trinajstić information content (AvgIpc) is 3.65. The SMILES string of the molecule is Cc1ccc2cc(CC(=O)Oc3ccc4c5c3O[C@H]3C(=O)CC[C@@]6(O)[C@@H](C4)N(CC4CC4)CC[C@]536)ccc2c1. The van der Waals surface area contributed by atoms with E-state index < -0.39 is 17.1 Å². The number of hydrogen-bond donors (Lipinski definition) is 1. The summed E-state index contributed by atoms with van der Waals surface area (Å²) in [6.07, 6.45) is 4.13. The molecular weight excluding hydrogens is 490 g/mol. The molecule has 4 atom stereocenters. The van der Waals surface area contributed by atoms with Gasteiger partial charge in [0.25, 0.3) is 0 Å². The minimum absolute atomic E-state index is 0.0189. The van der Waals surface area contributed by atoms with Crippen molar-refractivity contribution in [2.45, 2.75) is 75.0 Å². The van der Waals surface area contributed by atoms with E-state index in [1.807, 2.05) is 30.3 Å². The summed E-state index contributed by atoms with van der Waals surface area (Å²) < 4.78 is 12.4. The highest BCUT2D eigenvalue weighted by Crippen LogP contribution is 2.65. The Morgan fingerprint density at radius 1 is 1.10 bits per heavy atom. The van der Waals surface area contributed by atoms with Gasteiger partial charge in [-0.25, -0.2) is 0 Å². The lowest BCUT2D eigenvalue weighted by atomic mass is 9.49. The van der Waals surface area contributed by atoms with Gasteiger partial charge in [0.2, 0.25) is 0 Å². The van der Waals surface area contributed by atoms with E-state index >= 15 is 0 Å². The zero-order chi connectivity index (χ0) is 26.5. The fourth-order valence-corrected chi connectivity index (χ4v) is 8.18. The van der Waals surface area contributed by atoms with E-state index in [2.05, 4.69) is 30.0 Å². The molecule has 8 rings (SSSR count). The molecule has 1 spiro atoms. The van der Waals surface area contributed by atoms with E-state index in [0.29, 0.717) is 30.8 Å². The Labute approximate surface area is 227 Å². The molecule has 200 valence electrons. The highest BCUT2D eigenvalue weighted by molar-refractivity contribution is 5.90. The standard InChI is InChI=1S/C33H33NO5/c1-19-2-6-23-15-21(5-7-22(23)14-19)16-28(36)38-26-9-8-24-17-27-33(37)11-10-25(35)31-32(33,29(24)30(26)39-31)12-13-34(27)18-20-3-4-20/h2,5-9,14-15,20,27,31,37H,3-4,10-13,16-18H2,1H3/t27-,31+,32+,33-/m1/s1. The highest BCUT2D eigenvalue weighted by Gasteiger charge is 2.73. The average molecular weight is 524 g/mol. The molecule has 1 N–H and O–H groups in total. The van der Waals surface area contributed by atoms with Crippen molar-refractivity contribution in [3.05, 3.63) is 70.8 Å². The van der Waals surface area contributed by atoms with E-state index in [-0.39, 0.29) is 24.2 Å². The van der Waals surface area contributed by atoms with Crippen molar-refractivity contribution < 1.29 is 24.2 Å². The Bertz CT molecular complexity index is 1560. The zero-order valence-corrected chi connectivity index (χ0v) is 22.2. The lowest BCUT2D eigenvalue weighted by Gasteiger charge is -2.62. The number of likely N-dealkylation sites (tertiary alicyclic amines) is 1. The molecule has 0 radical (unpaired) electrons. The summed E-state index contributed by atoms with van der Waals surface area (Å²) in [6.45, 7) is 3.94. The molecule has 0 aromatic heterocycles. The molecule has 6 nitrogen and oxygen atoms in total. The third kappa shape index (κ3) is 3.34. The van der Waals surface area contributed by atoms with Crippen LogP contribution >= 0.6 is 0 Å². The van der Waals surface area contributed by atoms with Crippen LogP contribution in [0.15, 0.2) is 48.5 Å². The second-order valence-electron chi connectivity index (χ2n) is 12.5. The Kier molecular flexibility index (Phi) is 4.94. The summed E-state index contributed by atoms with van der Waals surface area (Å²) in [4.78, 5) is 28.9. The van der Waals surface area contributed by atoms with Gasteiger partial charge in [-0.05, 0) is 79.5 Å². The van der Waals surface area contributed by atoms with Gasteiger partial charge in [0.15, 0.2) is 23.4 Å². The number of piperidine rings is 1. The third-order valence-electron chi connectivity index (χ3n) is 10.2. The Morgan fingerprint density at radius 2 is 1.92 bits per heavy atom. The first kappa shape index (κ1) is 23.6. The first-order chi connectivity index (χ1) is 18.9. The van der Waals surface area contributed by atoms with Crippen LogP contribution in [-0.4, -0.2) is 52.6 Å². The van der Waals surface area contributed by atoms with Gasteiger partial charge >= 0.3 is 5.97 Å². The number of aliphatic hydroxyl groups is 1. The second-order valence-corrected chi connectivity index (χ2v) is 12.5. The van der Waals surface area contributed by atoms with Crippen molar-refractivity contribution in [3.63, 3.8) is 0 Å². The van der Waals surface area contributed by atoms with Crippen LogP contribution in [0.1, 0.15) is 54.4 Å². The van der Waals surface area contributed by atoms with Crippen LogP contribution in [0, 0.1) is 12.8 Å². The normalized spacial score (nSPS) is 30.7. The summed E-state index contributed by atoms with van der Waals surface area (Å²) in [5.41, 5.74) is 2.32. The van der Waals surface area contributed by atoms with E-state index in [1.54, 1.807) is 0 Å². The Balaban J connectivity index is 1.13. The second kappa shape index (κ2) is 8.15. The first-order valence-electron chi connectivity index (χ1n) is 14.4.